The van der Waals surface area contributed by atoms with E-state index in [1.165, 1.54) is 0 Å². The number of esters is 1. The van der Waals surface area contributed by atoms with Crippen LogP contribution in [0.4, 0.5) is 0 Å². The minimum atomic E-state index is -0.496. The lowest BCUT2D eigenvalue weighted by Crippen LogP contribution is -2.10. The topological polar surface area (TPSA) is 43.4 Å². The van der Waals surface area contributed by atoms with Crippen LogP contribution in [-0.2, 0) is 0 Å². The molecule has 114 valence electrons. The Hall–Kier alpha value is -2.46. The van der Waals surface area contributed by atoms with Crippen molar-refractivity contribution in [2.45, 2.75) is 6.92 Å². The zero-order valence-electron chi connectivity index (χ0n) is 12.4. The maximum atomic E-state index is 12.3. The molecule has 0 saturated heterocycles. The highest BCUT2D eigenvalue weighted by Crippen LogP contribution is 2.27. The largest absolute Gasteiger partial charge is 0.422 e. The molecule has 0 spiro atoms. The maximum absolute atomic E-state index is 12.3. The van der Waals surface area contributed by atoms with Crippen LogP contribution in [0.1, 0.15) is 26.3 Å². The molecule has 0 aromatic heterocycles. The minimum Gasteiger partial charge on any atom is -0.422 e. The SMILES string of the molecule is Cc1ccc(C(=O)Oc2ccc3ccccc3c2C=O)cc1Br. The van der Waals surface area contributed by atoms with Crippen molar-refractivity contribution in [2.75, 3.05) is 0 Å². The van der Waals surface area contributed by atoms with Gasteiger partial charge in [-0.1, -0.05) is 52.3 Å². The van der Waals surface area contributed by atoms with Crippen LogP contribution in [0.5, 0.6) is 5.75 Å². The fourth-order valence-corrected chi connectivity index (χ4v) is 2.74. The normalized spacial score (nSPS) is 10.5. The van der Waals surface area contributed by atoms with Crippen LogP contribution in [0.3, 0.4) is 0 Å². The molecule has 0 unspecified atom stereocenters. The van der Waals surface area contributed by atoms with E-state index in [-0.39, 0.29) is 5.75 Å². The molecule has 0 fully saturated rings. The van der Waals surface area contributed by atoms with Gasteiger partial charge in [0.15, 0.2) is 6.29 Å². The highest BCUT2D eigenvalue weighted by atomic mass is 79.9. The van der Waals surface area contributed by atoms with Gasteiger partial charge in [-0.2, -0.15) is 0 Å². The van der Waals surface area contributed by atoms with Crippen LogP contribution in [-0.4, -0.2) is 12.3 Å². The summed E-state index contributed by atoms with van der Waals surface area (Å²) in [6.45, 7) is 1.94. The van der Waals surface area contributed by atoms with E-state index < -0.39 is 5.97 Å². The Labute approximate surface area is 142 Å². The third-order valence-corrected chi connectivity index (χ3v) is 4.51. The molecule has 0 atom stereocenters. The summed E-state index contributed by atoms with van der Waals surface area (Å²) in [7, 11) is 0. The van der Waals surface area contributed by atoms with Crippen molar-refractivity contribution in [3.05, 3.63) is 75.8 Å². The molecular formula is C19H13BrO3. The monoisotopic (exact) mass is 368 g/mol. The van der Waals surface area contributed by atoms with Crippen molar-refractivity contribution in [1.29, 1.82) is 0 Å². The number of rotatable bonds is 3. The molecule has 3 nitrogen and oxygen atoms in total. The molecule has 0 heterocycles. The summed E-state index contributed by atoms with van der Waals surface area (Å²) >= 11 is 3.40. The smallest absolute Gasteiger partial charge is 0.343 e. The minimum absolute atomic E-state index is 0.264. The van der Waals surface area contributed by atoms with Gasteiger partial charge in [0.1, 0.15) is 5.75 Å². The lowest BCUT2D eigenvalue weighted by Gasteiger charge is -2.10. The van der Waals surface area contributed by atoms with Crippen LogP contribution >= 0.6 is 15.9 Å². The van der Waals surface area contributed by atoms with Crippen LogP contribution < -0.4 is 4.74 Å². The average molecular weight is 369 g/mol. The Morgan fingerprint density at radius 3 is 2.61 bits per heavy atom. The van der Waals surface area contributed by atoms with Crippen molar-refractivity contribution in [2.24, 2.45) is 0 Å². The number of fused-ring (bicyclic) bond motifs is 1. The van der Waals surface area contributed by atoms with Gasteiger partial charge in [0.25, 0.3) is 0 Å². The lowest BCUT2D eigenvalue weighted by molar-refractivity contribution is 0.0734. The predicted octanol–water partition coefficient (Wildman–Crippen LogP) is 4.94. The van der Waals surface area contributed by atoms with Crippen molar-refractivity contribution >= 4 is 39.0 Å². The van der Waals surface area contributed by atoms with E-state index in [4.69, 9.17) is 4.74 Å². The Morgan fingerprint density at radius 1 is 1.09 bits per heavy atom. The second-order valence-corrected chi connectivity index (χ2v) is 6.02. The molecule has 3 aromatic rings. The average Bonchev–Trinajstić information content (AvgIpc) is 2.57. The molecule has 4 heteroatoms. The summed E-state index contributed by atoms with van der Waals surface area (Å²) < 4.78 is 6.27. The number of benzene rings is 3. The second-order valence-electron chi connectivity index (χ2n) is 5.17. The molecule has 0 amide bonds. The first-order valence-electron chi connectivity index (χ1n) is 7.05. The quantitative estimate of drug-likeness (QED) is 0.373. The first kappa shape index (κ1) is 15.4. The summed E-state index contributed by atoms with van der Waals surface area (Å²) in [5.41, 5.74) is 1.83. The Morgan fingerprint density at radius 2 is 1.87 bits per heavy atom. The Balaban J connectivity index is 1.99. The summed E-state index contributed by atoms with van der Waals surface area (Å²) in [4.78, 5) is 23.8. The number of halogens is 1. The van der Waals surface area contributed by atoms with E-state index in [1.54, 1.807) is 18.2 Å². The zero-order chi connectivity index (χ0) is 16.4. The number of aryl methyl sites for hydroxylation is 1. The summed E-state index contributed by atoms with van der Waals surface area (Å²) in [6.07, 6.45) is 0.718. The maximum Gasteiger partial charge on any atom is 0.343 e. The Kier molecular flexibility index (Phi) is 4.26. The summed E-state index contributed by atoms with van der Waals surface area (Å²) in [5.74, 6) is -0.232. The lowest BCUT2D eigenvalue weighted by atomic mass is 10.0. The fraction of sp³-hybridized carbons (Fsp3) is 0.0526. The number of ether oxygens (including phenoxy) is 1. The van der Waals surface area contributed by atoms with Gasteiger partial charge >= 0.3 is 5.97 Å². The highest BCUT2D eigenvalue weighted by Gasteiger charge is 2.14. The third kappa shape index (κ3) is 3.03. The number of aldehydes is 1. The molecule has 0 N–H and O–H groups in total. The van der Waals surface area contributed by atoms with Gasteiger partial charge in [-0.3, -0.25) is 4.79 Å². The van der Waals surface area contributed by atoms with Crippen LogP contribution in [0.15, 0.2) is 59.1 Å². The van der Waals surface area contributed by atoms with E-state index in [0.29, 0.717) is 11.1 Å². The first-order chi connectivity index (χ1) is 11.1. The number of hydrogen-bond donors (Lipinski definition) is 0. The van der Waals surface area contributed by atoms with Gasteiger partial charge in [0.2, 0.25) is 0 Å². The molecule has 0 saturated carbocycles. The summed E-state index contributed by atoms with van der Waals surface area (Å²) in [5, 5.41) is 1.69. The summed E-state index contributed by atoms with van der Waals surface area (Å²) in [6, 6.07) is 16.2. The number of carbonyl (C=O) groups is 2. The van der Waals surface area contributed by atoms with Crippen LogP contribution in [0.25, 0.3) is 10.8 Å². The van der Waals surface area contributed by atoms with Crippen LogP contribution in [0, 0.1) is 6.92 Å². The van der Waals surface area contributed by atoms with Crippen LogP contribution in [0.2, 0.25) is 0 Å². The van der Waals surface area contributed by atoms with E-state index in [0.717, 1.165) is 27.1 Å². The van der Waals surface area contributed by atoms with Gasteiger partial charge in [0.05, 0.1) is 11.1 Å². The zero-order valence-corrected chi connectivity index (χ0v) is 14.0. The van der Waals surface area contributed by atoms with Crippen molar-refractivity contribution < 1.29 is 14.3 Å². The van der Waals surface area contributed by atoms with Crippen molar-refractivity contribution in [3.63, 3.8) is 0 Å². The predicted molar refractivity (Wildman–Crippen MR) is 93.2 cm³/mol. The fourth-order valence-electron chi connectivity index (χ4n) is 2.36. The van der Waals surface area contributed by atoms with Gasteiger partial charge in [-0.05, 0) is 41.5 Å². The second kappa shape index (κ2) is 6.34. The first-order valence-corrected chi connectivity index (χ1v) is 7.84. The van der Waals surface area contributed by atoms with E-state index >= 15 is 0 Å². The van der Waals surface area contributed by atoms with Gasteiger partial charge < -0.3 is 4.74 Å². The highest BCUT2D eigenvalue weighted by molar-refractivity contribution is 9.10. The molecule has 0 aliphatic heterocycles. The standard InChI is InChI=1S/C19H13BrO3/c1-12-6-7-14(10-17(12)20)19(22)23-18-9-8-13-4-2-3-5-15(13)16(18)11-21/h2-11H,1H3. The number of carbonyl (C=O) groups excluding carboxylic acids is 2. The van der Waals surface area contributed by atoms with Gasteiger partial charge in [0, 0.05) is 4.47 Å². The molecule has 0 aliphatic carbocycles. The van der Waals surface area contributed by atoms with Gasteiger partial charge in [-0.25, -0.2) is 4.79 Å². The molecule has 0 radical (unpaired) electrons. The van der Waals surface area contributed by atoms with Gasteiger partial charge in [-0.15, -0.1) is 0 Å². The molecule has 0 aliphatic rings. The van der Waals surface area contributed by atoms with E-state index in [2.05, 4.69) is 15.9 Å². The molecule has 3 rings (SSSR count). The van der Waals surface area contributed by atoms with Crippen molar-refractivity contribution in [3.8, 4) is 5.75 Å². The molecule has 23 heavy (non-hydrogen) atoms. The molecular weight excluding hydrogens is 356 g/mol. The molecule has 0 bridgehead atoms. The Bertz CT molecular complexity index is 916. The van der Waals surface area contributed by atoms with E-state index in [1.807, 2.05) is 43.3 Å². The van der Waals surface area contributed by atoms with Crippen molar-refractivity contribution in [1.82, 2.24) is 0 Å². The third-order valence-electron chi connectivity index (χ3n) is 3.66. The number of hydrogen-bond acceptors (Lipinski definition) is 3. The van der Waals surface area contributed by atoms with E-state index in [9.17, 15) is 9.59 Å². The molecule has 3 aromatic carbocycles.